The van der Waals surface area contributed by atoms with Gasteiger partial charge in [0.2, 0.25) is 5.91 Å². The molecule has 0 atom stereocenters. The smallest absolute Gasteiger partial charge is 0.260 e. The van der Waals surface area contributed by atoms with Crippen LogP contribution in [0.5, 0.6) is 11.5 Å². The second-order valence-corrected chi connectivity index (χ2v) is 7.53. The van der Waals surface area contributed by atoms with Crippen molar-refractivity contribution in [2.45, 2.75) is 19.9 Å². The standard InChI is InChI=1S/C24H31N3O4/c1-2-16-30-21-8-10-22(11-9-21)31-19-24(29)27-14-12-26(13-15-27)18-23(28)25-17-20-6-4-3-5-7-20/h3-11H,2,12-19H2,1H3,(H,25,28). The van der Waals surface area contributed by atoms with Crippen LogP contribution in [0, 0.1) is 0 Å². The second kappa shape index (κ2) is 12.0. The molecule has 0 saturated carbocycles. The third kappa shape index (κ3) is 7.61. The maximum atomic E-state index is 12.4. The van der Waals surface area contributed by atoms with Crippen molar-refractivity contribution in [3.63, 3.8) is 0 Å². The molecule has 1 heterocycles. The van der Waals surface area contributed by atoms with Crippen LogP contribution >= 0.6 is 0 Å². The van der Waals surface area contributed by atoms with Gasteiger partial charge in [0.1, 0.15) is 11.5 Å². The normalized spacial score (nSPS) is 14.2. The molecule has 0 aliphatic carbocycles. The van der Waals surface area contributed by atoms with Crippen LogP contribution < -0.4 is 14.8 Å². The molecular formula is C24H31N3O4. The van der Waals surface area contributed by atoms with Gasteiger partial charge < -0.3 is 19.7 Å². The van der Waals surface area contributed by atoms with Crippen LogP contribution in [0.1, 0.15) is 18.9 Å². The summed E-state index contributed by atoms with van der Waals surface area (Å²) >= 11 is 0. The largest absolute Gasteiger partial charge is 0.494 e. The molecule has 31 heavy (non-hydrogen) atoms. The molecule has 0 bridgehead atoms. The van der Waals surface area contributed by atoms with Crippen molar-refractivity contribution in [2.24, 2.45) is 0 Å². The summed E-state index contributed by atoms with van der Waals surface area (Å²) in [6.07, 6.45) is 0.957. The van der Waals surface area contributed by atoms with Crippen molar-refractivity contribution in [2.75, 3.05) is 45.9 Å². The average molecular weight is 426 g/mol. The fourth-order valence-electron chi connectivity index (χ4n) is 3.30. The van der Waals surface area contributed by atoms with Gasteiger partial charge in [0.05, 0.1) is 13.2 Å². The lowest BCUT2D eigenvalue weighted by atomic mass is 10.2. The number of ether oxygens (including phenoxy) is 2. The molecule has 0 spiro atoms. The van der Waals surface area contributed by atoms with E-state index in [4.69, 9.17) is 9.47 Å². The Morgan fingerprint density at radius 1 is 0.903 bits per heavy atom. The molecule has 166 valence electrons. The van der Waals surface area contributed by atoms with Gasteiger partial charge in [-0.2, -0.15) is 0 Å². The van der Waals surface area contributed by atoms with Crippen molar-refractivity contribution in [3.8, 4) is 11.5 Å². The first-order chi connectivity index (χ1) is 15.1. The summed E-state index contributed by atoms with van der Waals surface area (Å²) in [5.41, 5.74) is 1.08. The van der Waals surface area contributed by atoms with Gasteiger partial charge >= 0.3 is 0 Å². The van der Waals surface area contributed by atoms with E-state index in [1.165, 1.54) is 0 Å². The first-order valence-corrected chi connectivity index (χ1v) is 10.8. The summed E-state index contributed by atoms with van der Waals surface area (Å²) in [7, 11) is 0. The quantitative estimate of drug-likeness (QED) is 0.633. The highest BCUT2D eigenvalue weighted by Gasteiger charge is 2.22. The molecular weight excluding hydrogens is 394 g/mol. The van der Waals surface area contributed by atoms with Gasteiger partial charge in [-0.05, 0) is 36.2 Å². The SMILES string of the molecule is CCCOc1ccc(OCC(=O)N2CCN(CC(=O)NCc3ccccc3)CC2)cc1. The molecule has 1 aliphatic rings. The van der Waals surface area contributed by atoms with Gasteiger partial charge in [-0.3, -0.25) is 14.5 Å². The van der Waals surface area contributed by atoms with E-state index in [-0.39, 0.29) is 18.4 Å². The molecule has 1 fully saturated rings. The Hall–Kier alpha value is -3.06. The lowest BCUT2D eigenvalue weighted by molar-refractivity contribution is -0.135. The Balaban J connectivity index is 1.33. The first kappa shape index (κ1) is 22.6. The number of rotatable bonds is 10. The monoisotopic (exact) mass is 425 g/mol. The van der Waals surface area contributed by atoms with E-state index in [0.717, 1.165) is 17.7 Å². The second-order valence-electron chi connectivity index (χ2n) is 7.53. The Labute approximate surface area is 183 Å². The molecule has 1 saturated heterocycles. The summed E-state index contributed by atoms with van der Waals surface area (Å²) < 4.78 is 11.2. The molecule has 7 heteroatoms. The number of hydrogen-bond acceptors (Lipinski definition) is 5. The predicted octanol–water partition coefficient (Wildman–Crippen LogP) is 2.31. The molecule has 2 amide bonds. The summed E-state index contributed by atoms with van der Waals surface area (Å²) in [5, 5.41) is 2.94. The third-order valence-electron chi connectivity index (χ3n) is 5.08. The van der Waals surface area contributed by atoms with Crippen LogP contribution in [0.25, 0.3) is 0 Å². The summed E-state index contributed by atoms with van der Waals surface area (Å²) in [6.45, 7) is 6.16. The molecule has 1 N–H and O–H groups in total. The van der Waals surface area contributed by atoms with Crippen LogP contribution in [0.15, 0.2) is 54.6 Å². The lowest BCUT2D eigenvalue weighted by Gasteiger charge is -2.34. The third-order valence-corrected chi connectivity index (χ3v) is 5.08. The molecule has 3 rings (SSSR count). The number of amides is 2. The number of hydrogen-bond donors (Lipinski definition) is 1. The minimum Gasteiger partial charge on any atom is -0.494 e. The van der Waals surface area contributed by atoms with Gasteiger partial charge in [0.25, 0.3) is 5.91 Å². The number of nitrogens with zero attached hydrogens (tertiary/aromatic N) is 2. The summed E-state index contributed by atoms with van der Waals surface area (Å²) in [6, 6.07) is 17.2. The number of benzene rings is 2. The van der Waals surface area contributed by atoms with Gasteiger partial charge in [0, 0.05) is 32.7 Å². The molecule has 0 radical (unpaired) electrons. The highest BCUT2D eigenvalue weighted by Crippen LogP contribution is 2.18. The van der Waals surface area contributed by atoms with E-state index >= 15 is 0 Å². The van der Waals surface area contributed by atoms with E-state index in [1.54, 1.807) is 4.90 Å². The van der Waals surface area contributed by atoms with Crippen LogP contribution in [0.3, 0.4) is 0 Å². The van der Waals surface area contributed by atoms with E-state index in [0.29, 0.717) is 51.6 Å². The van der Waals surface area contributed by atoms with E-state index < -0.39 is 0 Å². The first-order valence-electron chi connectivity index (χ1n) is 10.8. The van der Waals surface area contributed by atoms with Crippen molar-refractivity contribution in [1.82, 2.24) is 15.1 Å². The number of piperazine rings is 1. The van der Waals surface area contributed by atoms with Gasteiger partial charge in [0.15, 0.2) is 6.61 Å². The highest BCUT2D eigenvalue weighted by molar-refractivity contribution is 5.79. The van der Waals surface area contributed by atoms with Crippen LogP contribution in [0.2, 0.25) is 0 Å². The number of nitrogens with one attached hydrogen (secondary N) is 1. The summed E-state index contributed by atoms with van der Waals surface area (Å²) in [4.78, 5) is 28.5. The zero-order valence-corrected chi connectivity index (χ0v) is 18.1. The minimum atomic E-state index is -0.0421. The van der Waals surface area contributed by atoms with E-state index in [2.05, 4.69) is 17.1 Å². The van der Waals surface area contributed by atoms with E-state index in [9.17, 15) is 9.59 Å². The van der Waals surface area contributed by atoms with Crippen molar-refractivity contribution in [3.05, 3.63) is 60.2 Å². The van der Waals surface area contributed by atoms with Gasteiger partial charge in [-0.1, -0.05) is 37.3 Å². The Kier molecular flexibility index (Phi) is 8.72. The Morgan fingerprint density at radius 3 is 2.19 bits per heavy atom. The molecule has 0 aromatic heterocycles. The maximum absolute atomic E-state index is 12.4. The number of carbonyl (C=O) groups excluding carboxylic acids is 2. The molecule has 7 nitrogen and oxygen atoms in total. The number of carbonyl (C=O) groups is 2. The minimum absolute atomic E-state index is 0.00155. The van der Waals surface area contributed by atoms with Crippen LogP contribution in [0.4, 0.5) is 0 Å². The lowest BCUT2D eigenvalue weighted by Crippen LogP contribution is -2.52. The average Bonchev–Trinajstić information content (AvgIpc) is 2.81. The zero-order valence-electron chi connectivity index (χ0n) is 18.1. The van der Waals surface area contributed by atoms with Crippen LogP contribution in [-0.4, -0.2) is 67.6 Å². The fourth-order valence-corrected chi connectivity index (χ4v) is 3.30. The summed E-state index contributed by atoms with van der Waals surface area (Å²) in [5.74, 6) is 1.40. The predicted molar refractivity (Wildman–Crippen MR) is 119 cm³/mol. The fraction of sp³-hybridized carbons (Fsp3) is 0.417. The van der Waals surface area contributed by atoms with Crippen molar-refractivity contribution >= 4 is 11.8 Å². The Bertz CT molecular complexity index is 818. The maximum Gasteiger partial charge on any atom is 0.260 e. The van der Waals surface area contributed by atoms with Crippen molar-refractivity contribution < 1.29 is 19.1 Å². The molecule has 1 aliphatic heterocycles. The van der Waals surface area contributed by atoms with E-state index in [1.807, 2.05) is 54.6 Å². The van der Waals surface area contributed by atoms with Crippen LogP contribution in [-0.2, 0) is 16.1 Å². The van der Waals surface area contributed by atoms with Gasteiger partial charge in [-0.25, -0.2) is 0 Å². The highest BCUT2D eigenvalue weighted by atomic mass is 16.5. The molecule has 2 aromatic carbocycles. The molecule has 2 aromatic rings. The van der Waals surface area contributed by atoms with Gasteiger partial charge in [-0.15, -0.1) is 0 Å². The van der Waals surface area contributed by atoms with Crippen molar-refractivity contribution in [1.29, 1.82) is 0 Å². The Morgan fingerprint density at radius 2 is 1.55 bits per heavy atom. The topological polar surface area (TPSA) is 71.1 Å². The zero-order chi connectivity index (χ0) is 21.9. The molecule has 0 unspecified atom stereocenters.